The molecule has 0 radical (unpaired) electrons. The summed E-state index contributed by atoms with van der Waals surface area (Å²) in [6.07, 6.45) is 0. The normalized spacial score (nSPS) is 11.9. The smallest absolute Gasteiger partial charge is 0.0618 e. The Morgan fingerprint density at radius 2 is 0.843 bits per heavy atom. The fraction of sp³-hybridized carbons (Fsp3) is 0. The molecule has 0 fully saturated rings. The van der Waals surface area contributed by atoms with Crippen LogP contribution in [0.2, 0.25) is 0 Å². The highest BCUT2D eigenvalue weighted by Gasteiger charge is 2.20. The van der Waals surface area contributed by atoms with E-state index in [-0.39, 0.29) is 0 Å². The SMILES string of the molecule is c1ccc(-c2cccc(-c3ccc(-n4c5ccccc5c5cc6c(cc54)sc4ccccc46)cc3)c2-n2c3ccccc3c3ccccc32)cc1. The Labute approximate surface area is 298 Å². The number of hydrogen-bond donors (Lipinski definition) is 0. The maximum atomic E-state index is 2.47. The van der Waals surface area contributed by atoms with Crippen molar-refractivity contribution in [3.05, 3.63) is 182 Å². The number of para-hydroxylation sites is 4. The zero-order chi connectivity index (χ0) is 33.5. The van der Waals surface area contributed by atoms with Gasteiger partial charge >= 0.3 is 0 Å². The number of aromatic nitrogens is 2. The molecule has 0 saturated heterocycles. The van der Waals surface area contributed by atoms with Gasteiger partial charge in [0.2, 0.25) is 0 Å². The molecule has 3 heterocycles. The van der Waals surface area contributed by atoms with E-state index in [0.29, 0.717) is 0 Å². The molecule has 8 aromatic carbocycles. The summed E-state index contributed by atoms with van der Waals surface area (Å²) in [5.41, 5.74) is 12.0. The third-order valence-corrected chi connectivity index (χ3v) is 11.7. The van der Waals surface area contributed by atoms with Gasteiger partial charge in [0.15, 0.2) is 0 Å². The first-order valence-electron chi connectivity index (χ1n) is 17.4. The molecule has 2 nitrogen and oxygen atoms in total. The second kappa shape index (κ2) is 11.0. The summed E-state index contributed by atoms with van der Waals surface area (Å²) in [7, 11) is 0. The number of rotatable bonds is 4. The summed E-state index contributed by atoms with van der Waals surface area (Å²) in [5, 5.41) is 7.75. The van der Waals surface area contributed by atoms with Gasteiger partial charge in [0.1, 0.15) is 0 Å². The Morgan fingerprint density at radius 3 is 1.51 bits per heavy atom. The highest BCUT2D eigenvalue weighted by Crippen LogP contribution is 2.43. The van der Waals surface area contributed by atoms with Crippen molar-refractivity contribution < 1.29 is 0 Å². The van der Waals surface area contributed by atoms with Gasteiger partial charge in [0, 0.05) is 58.5 Å². The van der Waals surface area contributed by atoms with Crippen molar-refractivity contribution in [1.82, 2.24) is 9.13 Å². The van der Waals surface area contributed by atoms with Crippen LogP contribution in [0.3, 0.4) is 0 Å². The lowest BCUT2D eigenvalue weighted by atomic mass is 9.95. The van der Waals surface area contributed by atoms with E-state index in [9.17, 15) is 0 Å². The van der Waals surface area contributed by atoms with Crippen molar-refractivity contribution in [3.63, 3.8) is 0 Å². The lowest BCUT2D eigenvalue weighted by molar-refractivity contribution is 1.17. The van der Waals surface area contributed by atoms with E-state index in [4.69, 9.17) is 0 Å². The largest absolute Gasteiger partial charge is 0.309 e. The molecule has 3 heteroatoms. The molecule has 11 aromatic rings. The van der Waals surface area contributed by atoms with Crippen LogP contribution in [0.15, 0.2) is 182 Å². The minimum Gasteiger partial charge on any atom is -0.309 e. The molecular formula is C48H30N2S. The minimum atomic E-state index is 1.16. The van der Waals surface area contributed by atoms with Crippen molar-refractivity contribution in [1.29, 1.82) is 0 Å². The number of thiophene rings is 1. The molecule has 0 saturated carbocycles. The van der Waals surface area contributed by atoms with E-state index in [2.05, 4.69) is 191 Å². The predicted molar refractivity (Wildman–Crippen MR) is 219 cm³/mol. The van der Waals surface area contributed by atoms with Gasteiger partial charge in [-0.1, -0.05) is 133 Å². The summed E-state index contributed by atoms with van der Waals surface area (Å²) < 4.78 is 7.56. The standard InChI is InChI=1S/C48H30N2S/c1-2-13-31(14-3-1)34-19-12-20-35(48(34)50-43-22-9-4-15-36(43)37-16-5-10-23-44(37)50)32-25-27-33(28-26-32)49-42-21-8-6-17-38(42)40-29-41-39-18-7-11-24-46(39)51-47(41)30-45(40)49/h1-30H. The van der Waals surface area contributed by atoms with Gasteiger partial charge in [-0.3, -0.25) is 0 Å². The lowest BCUT2D eigenvalue weighted by Gasteiger charge is -2.19. The number of benzene rings is 8. The first-order chi connectivity index (χ1) is 25.3. The van der Waals surface area contributed by atoms with Crippen LogP contribution in [0.4, 0.5) is 0 Å². The summed E-state index contributed by atoms with van der Waals surface area (Å²) in [6, 6.07) is 66.7. The first-order valence-corrected chi connectivity index (χ1v) is 18.3. The fourth-order valence-corrected chi connectivity index (χ4v) is 9.41. The van der Waals surface area contributed by atoms with E-state index >= 15 is 0 Å². The Balaban J connectivity index is 1.14. The minimum absolute atomic E-state index is 1.16. The van der Waals surface area contributed by atoms with Gasteiger partial charge < -0.3 is 9.13 Å². The van der Waals surface area contributed by atoms with Gasteiger partial charge in [-0.25, -0.2) is 0 Å². The predicted octanol–water partition coefficient (Wildman–Crippen LogP) is 13.6. The zero-order valence-electron chi connectivity index (χ0n) is 27.6. The van der Waals surface area contributed by atoms with E-state index in [1.807, 2.05) is 11.3 Å². The average Bonchev–Trinajstić information content (AvgIpc) is 3.84. The van der Waals surface area contributed by atoms with Crippen molar-refractivity contribution in [2.24, 2.45) is 0 Å². The molecule has 0 aliphatic carbocycles. The third kappa shape index (κ3) is 4.22. The zero-order valence-corrected chi connectivity index (χ0v) is 28.4. The molecule has 51 heavy (non-hydrogen) atoms. The molecule has 11 rings (SSSR count). The van der Waals surface area contributed by atoms with Gasteiger partial charge in [-0.2, -0.15) is 0 Å². The van der Waals surface area contributed by atoms with Gasteiger partial charge in [-0.05, 0) is 59.7 Å². The molecule has 0 amide bonds. The van der Waals surface area contributed by atoms with Crippen molar-refractivity contribution in [3.8, 4) is 33.6 Å². The monoisotopic (exact) mass is 666 g/mol. The van der Waals surface area contributed by atoms with Crippen molar-refractivity contribution in [2.45, 2.75) is 0 Å². The quantitative estimate of drug-likeness (QED) is 0.177. The molecule has 0 unspecified atom stereocenters. The highest BCUT2D eigenvalue weighted by molar-refractivity contribution is 7.25. The van der Waals surface area contributed by atoms with Crippen LogP contribution in [0.25, 0.3) is 97.4 Å². The van der Waals surface area contributed by atoms with Crippen molar-refractivity contribution >= 4 is 75.1 Å². The van der Waals surface area contributed by atoms with Crippen molar-refractivity contribution in [2.75, 3.05) is 0 Å². The second-order valence-corrected chi connectivity index (χ2v) is 14.4. The molecule has 3 aromatic heterocycles. The second-order valence-electron chi connectivity index (χ2n) is 13.3. The maximum Gasteiger partial charge on any atom is 0.0618 e. The Bertz CT molecular complexity index is 3070. The Hall–Kier alpha value is -6.42. The Morgan fingerprint density at radius 1 is 0.314 bits per heavy atom. The Kier molecular flexibility index (Phi) is 6.16. The number of nitrogens with zero attached hydrogens (tertiary/aromatic N) is 2. The van der Waals surface area contributed by atoms with Crippen LogP contribution in [0.1, 0.15) is 0 Å². The van der Waals surface area contributed by atoms with E-state index < -0.39 is 0 Å². The molecule has 0 aliphatic rings. The molecule has 0 spiro atoms. The van der Waals surface area contributed by atoms with Crippen LogP contribution in [-0.4, -0.2) is 9.13 Å². The van der Waals surface area contributed by atoms with Crippen LogP contribution in [0, 0.1) is 0 Å². The van der Waals surface area contributed by atoms with Gasteiger partial charge in [0.05, 0.1) is 27.8 Å². The number of fused-ring (bicyclic) bond motifs is 9. The fourth-order valence-electron chi connectivity index (χ4n) is 8.29. The molecule has 0 bridgehead atoms. The maximum absolute atomic E-state index is 2.47. The van der Waals surface area contributed by atoms with Crippen LogP contribution >= 0.6 is 11.3 Å². The summed E-state index contributed by atoms with van der Waals surface area (Å²) in [6.45, 7) is 0. The molecule has 0 atom stereocenters. The van der Waals surface area contributed by atoms with Crippen LogP contribution in [0.5, 0.6) is 0 Å². The highest BCUT2D eigenvalue weighted by atomic mass is 32.1. The third-order valence-electron chi connectivity index (χ3n) is 10.5. The molecule has 238 valence electrons. The topological polar surface area (TPSA) is 9.86 Å². The number of hydrogen-bond acceptors (Lipinski definition) is 1. The summed E-state index contributed by atoms with van der Waals surface area (Å²) >= 11 is 1.88. The summed E-state index contributed by atoms with van der Waals surface area (Å²) in [4.78, 5) is 0. The summed E-state index contributed by atoms with van der Waals surface area (Å²) in [5.74, 6) is 0. The van der Waals surface area contributed by atoms with E-state index in [0.717, 1.165) is 5.69 Å². The van der Waals surface area contributed by atoms with Gasteiger partial charge in [-0.15, -0.1) is 11.3 Å². The van der Waals surface area contributed by atoms with Gasteiger partial charge in [0.25, 0.3) is 0 Å². The molecule has 0 N–H and O–H groups in total. The molecular weight excluding hydrogens is 637 g/mol. The first kappa shape index (κ1) is 28.4. The van der Waals surface area contributed by atoms with E-state index in [1.165, 1.54) is 91.7 Å². The van der Waals surface area contributed by atoms with Crippen LogP contribution < -0.4 is 0 Å². The lowest BCUT2D eigenvalue weighted by Crippen LogP contribution is -2.01. The van der Waals surface area contributed by atoms with E-state index in [1.54, 1.807) is 0 Å². The molecule has 0 aliphatic heterocycles. The average molecular weight is 667 g/mol. The van der Waals surface area contributed by atoms with Crippen LogP contribution in [-0.2, 0) is 0 Å².